The standard InChI is InChI=1S/C47H30N4/c48-31-32-28-29-41-40(30-32)43-38(26-15-27-42(43)47(41,35-20-9-3-10-21-35)36-22-11-4-12-23-36)37-24-13-14-25-39(37)46-50-44(33-16-5-1-6-17-33)49-45(51-46)34-18-7-2-8-19-34/h1-30H. The van der Waals surface area contributed by atoms with E-state index in [9.17, 15) is 5.26 Å². The van der Waals surface area contributed by atoms with Crippen molar-refractivity contribution < 1.29 is 0 Å². The van der Waals surface area contributed by atoms with Crippen LogP contribution in [0.2, 0.25) is 0 Å². The number of hydrogen-bond donors (Lipinski definition) is 0. The zero-order chi connectivity index (χ0) is 34.2. The molecular formula is C47H30N4. The number of rotatable bonds is 6. The number of fused-ring (bicyclic) bond motifs is 3. The second-order valence-electron chi connectivity index (χ2n) is 12.7. The lowest BCUT2D eigenvalue weighted by atomic mass is 9.67. The van der Waals surface area contributed by atoms with Crippen molar-refractivity contribution in [3.8, 4) is 62.5 Å². The Bertz CT molecular complexity index is 2480. The Kier molecular flexibility index (Phi) is 7.38. The number of nitriles is 1. The minimum atomic E-state index is -0.597. The molecule has 1 heterocycles. The molecule has 4 nitrogen and oxygen atoms in total. The molecule has 8 aromatic rings. The van der Waals surface area contributed by atoms with E-state index in [0.717, 1.165) is 44.5 Å². The van der Waals surface area contributed by atoms with Gasteiger partial charge >= 0.3 is 0 Å². The summed E-state index contributed by atoms with van der Waals surface area (Å²) >= 11 is 0. The summed E-state index contributed by atoms with van der Waals surface area (Å²) in [4.78, 5) is 15.2. The molecule has 0 N–H and O–H groups in total. The molecule has 0 unspecified atom stereocenters. The van der Waals surface area contributed by atoms with Crippen LogP contribution in [0.25, 0.3) is 56.4 Å². The molecule has 1 aliphatic carbocycles. The van der Waals surface area contributed by atoms with E-state index in [1.54, 1.807) is 0 Å². The Hall–Kier alpha value is -6.96. The average molecular weight is 651 g/mol. The fraction of sp³-hybridized carbons (Fsp3) is 0.0213. The van der Waals surface area contributed by atoms with Crippen molar-refractivity contribution in [2.45, 2.75) is 5.41 Å². The van der Waals surface area contributed by atoms with Gasteiger partial charge in [0.2, 0.25) is 0 Å². The van der Waals surface area contributed by atoms with Gasteiger partial charge in [-0.1, -0.05) is 170 Å². The van der Waals surface area contributed by atoms with E-state index in [2.05, 4.69) is 115 Å². The van der Waals surface area contributed by atoms with Crippen molar-refractivity contribution in [3.05, 3.63) is 210 Å². The maximum Gasteiger partial charge on any atom is 0.164 e. The van der Waals surface area contributed by atoms with E-state index in [1.165, 1.54) is 16.7 Å². The predicted molar refractivity (Wildman–Crippen MR) is 204 cm³/mol. The van der Waals surface area contributed by atoms with Crippen LogP contribution in [0.1, 0.15) is 27.8 Å². The molecule has 0 atom stereocenters. The first-order chi connectivity index (χ1) is 25.3. The number of aromatic nitrogens is 3. The van der Waals surface area contributed by atoms with Crippen LogP contribution in [-0.4, -0.2) is 15.0 Å². The zero-order valence-corrected chi connectivity index (χ0v) is 27.6. The summed E-state index contributed by atoms with van der Waals surface area (Å²) in [6, 6.07) is 65.0. The zero-order valence-electron chi connectivity index (χ0n) is 27.6. The highest BCUT2D eigenvalue weighted by Gasteiger charge is 2.47. The highest BCUT2D eigenvalue weighted by atomic mass is 15.0. The smallest absolute Gasteiger partial charge is 0.164 e. The fourth-order valence-electron chi connectivity index (χ4n) is 7.68. The second kappa shape index (κ2) is 12.5. The lowest BCUT2D eigenvalue weighted by Gasteiger charge is -2.34. The molecule has 0 radical (unpaired) electrons. The van der Waals surface area contributed by atoms with Crippen LogP contribution in [0.4, 0.5) is 0 Å². The topological polar surface area (TPSA) is 62.5 Å². The van der Waals surface area contributed by atoms with E-state index < -0.39 is 5.41 Å². The Labute approximate surface area is 297 Å². The monoisotopic (exact) mass is 650 g/mol. The van der Waals surface area contributed by atoms with Gasteiger partial charge in [0.05, 0.1) is 17.0 Å². The molecule has 0 spiro atoms. The molecule has 238 valence electrons. The summed E-state index contributed by atoms with van der Waals surface area (Å²) in [5, 5.41) is 10.1. The normalized spacial score (nSPS) is 12.5. The summed E-state index contributed by atoms with van der Waals surface area (Å²) in [6.45, 7) is 0. The Morgan fingerprint density at radius 3 is 1.45 bits per heavy atom. The fourth-order valence-corrected chi connectivity index (χ4v) is 7.68. The van der Waals surface area contributed by atoms with Crippen LogP contribution in [0.3, 0.4) is 0 Å². The number of benzene rings is 7. The summed E-state index contributed by atoms with van der Waals surface area (Å²) < 4.78 is 0. The van der Waals surface area contributed by atoms with Gasteiger partial charge in [0, 0.05) is 16.7 Å². The first kappa shape index (κ1) is 30.1. The van der Waals surface area contributed by atoms with Gasteiger partial charge in [-0.2, -0.15) is 5.26 Å². The molecule has 1 aliphatic rings. The van der Waals surface area contributed by atoms with E-state index in [1.807, 2.05) is 72.8 Å². The van der Waals surface area contributed by atoms with Gasteiger partial charge in [-0.15, -0.1) is 0 Å². The first-order valence-electron chi connectivity index (χ1n) is 17.0. The van der Waals surface area contributed by atoms with Gasteiger partial charge in [0.15, 0.2) is 17.5 Å². The highest BCUT2D eigenvalue weighted by molar-refractivity contribution is 5.98. The first-order valence-corrected chi connectivity index (χ1v) is 17.0. The van der Waals surface area contributed by atoms with Crippen LogP contribution in [0.5, 0.6) is 0 Å². The minimum absolute atomic E-state index is 0.595. The lowest BCUT2D eigenvalue weighted by Crippen LogP contribution is -2.28. The van der Waals surface area contributed by atoms with Crippen molar-refractivity contribution in [2.24, 2.45) is 0 Å². The molecule has 7 aromatic carbocycles. The van der Waals surface area contributed by atoms with E-state index in [-0.39, 0.29) is 0 Å². The van der Waals surface area contributed by atoms with Crippen LogP contribution in [-0.2, 0) is 5.41 Å². The molecule has 0 bridgehead atoms. The summed E-state index contributed by atoms with van der Waals surface area (Å²) in [6.07, 6.45) is 0. The van der Waals surface area contributed by atoms with Crippen molar-refractivity contribution >= 4 is 0 Å². The molecule has 0 aliphatic heterocycles. The molecular weight excluding hydrogens is 621 g/mol. The molecule has 0 saturated carbocycles. The molecule has 0 amide bonds. The summed E-state index contributed by atoms with van der Waals surface area (Å²) in [5.41, 5.74) is 11.6. The largest absolute Gasteiger partial charge is 0.208 e. The van der Waals surface area contributed by atoms with Crippen molar-refractivity contribution in [3.63, 3.8) is 0 Å². The summed E-state index contributed by atoms with van der Waals surface area (Å²) in [7, 11) is 0. The Morgan fingerprint density at radius 2 is 0.882 bits per heavy atom. The predicted octanol–water partition coefficient (Wildman–Crippen LogP) is 10.8. The maximum absolute atomic E-state index is 10.1. The SMILES string of the molecule is N#Cc1ccc2c(c1)-c1c(-c3ccccc3-c3nc(-c4ccccc4)nc(-c4ccccc4)n3)cccc1C2(c1ccccc1)c1ccccc1. The molecule has 9 rings (SSSR count). The van der Waals surface area contributed by atoms with Crippen molar-refractivity contribution in [1.29, 1.82) is 5.26 Å². The van der Waals surface area contributed by atoms with Crippen molar-refractivity contribution in [1.82, 2.24) is 15.0 Å². The molecule has 51 heavy (non-hydrogen) atoms. The van der Waals surface area contributed by atoms with Gasteiger partial charge in [0.1, 0.15) is 0 Å². The molecule has 0 saturated heterocycles. The third kappa shape index (κ3) is 4.95. The van der Waals surface area contributed by atoms with E-state index in [0.29, 0.717) is 23.0 Å². The second-order valence-corrected chi connectivity index (χ2v) is 12.7. The van der Waals surface area contributed by atoms with Gasteiger partial charge in [-0.3, -0.25) is 0 Å². The lowest BCUT2D eigenvalue weighted by molar-refractivity contribution is 0.768. The van der Waals surface area contributed by atoms with E-state index in [4.69, 9.17) is 15.0 Å². The average Bonchev–Trinajstić information content (AvgIpc) is 3.52. The van der Waals surface area contributed by atoms with Gasteiger partial charge in [-0.25, -0.2) is 15.0 Å². The van der Waals surface area contributed by atoms with Crippen LogP contribution in [0, 0.1) is 11.3 Å². The Balaban J connectivity index is 1.34. The van der Waals surface area contributed by atoms with Crippen LogP contribution < -0.4 is 0 Å². The van der Waals surface area contributed by atoms with E-state index >= 15 is 0 Å². The number of hydrogen-bond acceptors (Lipinski definition) is 4. The maximum atomic E-state index is 10.1. The Morgan fingerprint density at radius 1 is 0.392 bits per heavy atom. The van der Waals surface area contributed by atoms with Gasteiger partial charge in [-0.05, 0) is 56.6 Å². The van der Waals surface area contributed by atoms with Crippen LogP contribution >= 0.6 is 0 Å². The van der Waals surface area contributed by atoms with Crippen LogP contribution in [0.15, 0.2) is 182 Å². The third-order valence-corrected chi connectivity index (χ3v) is 9.86. The molecule has 0 fully saturated rings. The highest BCUT2D eigenvalue weighted by Crippen LogP contribution is 2.58. The summed E-state index contributed by atoms with van der Waals surface area (Å²) in [5.74, 6) is 1.82. The third-order valence-electron chi connectivity index (χ3n) is 9.86. The molecule has 4 heteroatoms. The number of nitrogens with zero attached hydrogens (tertiary/aromatic N) is 4. The minimum Gasteiger partial charge on any atom is -0.208 e. The molecule has 1 aromatic heterocycles. The quantitative estimate of drug-likeness (QED) is 0.180. The van der Waals surface area contributed by atoms with Gasteiger partial charge in [0.25, 0.3) is 0 Å². The van der Waals surface area contributed by atoms with Crippen molar-refractivity contribution in [2.75, 3.05) is 0 Å². The van der Waals surface area contributed by atoms with Gasteiger partial charge < -0.3 is 0 Å².